The van der Waals surface area contributed by atoms with Gasteiger partial charge in [-0.1, -0.05) is 19.1 Å². The molecule has 0 radical (unpaired) electrons. The lowest BCUT2D eigenvalue weighted by Gasteiger charge is -2.17. The van der Waals surface area contributed by atoms with Gasteiger partial charge in [0.05, 0.1) is 5.56 Å². The smallest absolute Gasteiger partial charge is 0.324 e. The zero-order valence-electron chi connectivity index (χ0n) is 8.11. The zero-order valence-corrected chi connectivity index (χ0v) is 8.11. The summed E-state index contributed by atoms with van der Waals surface area (Å²) in [6, 6.07) is 2.43. The van der Waals surface area contributed by atoms with Gasteiger partial charge in [-0.05, 0) is 18.1 Å². The van der Waals surface area contributed by atoms with Crippen molar-refractivity contribution in [3.8, 4) is 0 Å². The van der Waals surface area contributed by atoms with E-state index in [1.54, 1.807) is 6.92 Å². The van der Waals surface area contributed by atoms with E-state index in [4.69, 9.17) is 5.73 Å². The standard InChI is InChI=1S/C10H11F4N/c1-2-8(15)6-4-3-5-7(11)9(6)10(12,13)14/h3-5,8H,2,15H2,1H3/t8-/m1/s1. The minimum absolute atomic E-state index is 0.190. The quantitative estimate of drug-likeness (QED) is 0.762. The van der Waals surface area contributed by atoms with E-state index in [1.165, 1.54) is 12.1 Å². The molecule has 5 heteroatoms. The van der Waals surface area contributed by atoms with Crippen molar-refractivity contribution in [1.82, 2.24) is 0 Å². The van der Waals surface area contributed by atoms with Crippen LogP contribution in [0.2, 0.25) is 0 Å². The minimum Gasteiger partial charge on any atom is -0.324 e. The second-order valence-electron chi connectivity index (χ2n) is 3.22. The molecule has 0 amide bonds. The van der Waals surface area contributed by atoms with Crippen LogP contribution in [-0.4, -0.2) is 0 Å². The van der Waals surface area contributed by atoms with Crippen molar-refractivity contribution in [2.24, 2.45) is 5.73 Å². The molecule has 0 aliphatic carbocycles. The molecule has 1 aromatic rings. The van der Waals surface area contributed by atoms with Crippen LogP contribution in [0.25, 0.3) is 0 Å². The topological polar surface area (TPSA) is 26.0 Å². The van der Waals surface area contributed by atoms with Crippen LogP contribution in [0.1, 0.15) is 30.5 Å². The molecular weight excluding hydrogens is 210 g/mol. The molecule has 1 rings (SSSR count). The van der Waals surface area contributed by atoms with Crippen molar-refractivity contribution in [2.75, 3.05) is 0 Å². The van der Waals surface area contributed by atoms with E-state index >= 15 is 0 Å². The van der Waals surface area contributed by atoms with Crippen molar-refractivity contribution in [3.05, 3.63) is 35.1 Å². The first-order valence-corrected chi connectivity index (χ1v) is 4.49. The van der Waals surface area contributed by atoms with Crippen molar-refractivity contribution < 1.29 is 17.6 Å². The fourth-order valence-electron chi connectivity index (χ4n) is 1.37. The maximum absolute atomic E-state index is 13.1. The monoisotopic (exact) mass is 221 g/mol. The van der Waals surface area contributed by atoms with Gasteiger partial charge < -0.3 is 5.73 Å². The average molecular weight is 221 g/mol. The van der Waals surface area contributed by atoms with E-state index in [2.05, 4.69) is 0 Å². The second kappa shape index (κ2) is 4.18. The highest BCUT2D eigenvalue weighted by atomic mass is 19.4. The number of halogens is 4. The first kappa shape index (κ1) is 12.0. The van der Waals surface area contributed by atoms with E-state index < -0.39 is 23.6 Å². The minimum atomic E-state index is -4.70. The summed E-state index contributed by atoms with van der Waals surface area (Å²) in [7, 11) is 0. The Balaban J connectivity index is 3.33. The third kappa shape index (κ3) is 2.47. The van der Waals surface area contributed by atoms with Gasteiger partial charge in [0.15, 0.2) is 0 Å². The summed E-state index contributed by atoms with van der Waals surface area (Å²) in [6.07, 6.45) is -4.38. The summed E-state index contributed by atoms with van der Waals surface area (Å²) < 4.78 is 50.6. The highest BCUT2D eigenvalue weighted by Crippen LogP contribution is 2.36. The molecule has 0 saturated carbocycles. The van der Waals surface area contributed by atoms with Gasteiger partial charge in [0.1, 0.15) is 5.82 Å². The van der Waals surface area contributed by atoms with Crippen LogP contribution in [0.5, 0.6) is 0 Å². The number of benzene rings is 1. The molecule has 0 aliphatic rings. The summed E-state index contributed by atoms with van der Waals surface area (Å²) in [6.45, 7) is 1.65. The number of rotatable bonds is 2. The molecule has 1 atom stereocenters. The van der Waals surface area contributed by atoms with Gasteiger partial charge in [0, 0.05) is 6.04 Å². The van der Waals surface area contributed by atoms with Crippen molar-refractivity contribution in [3.63, 3.8) is 0 Å². The predicted molar refractivity (Wildman–Crippen MR) is 48.6 cm³/mol. The number of nitrogens with two attached hydrogens (primary N) is 1. The first-order valence-electron chi connectivity index (χ1n) is 4.49. The van der Waals surface area contributed by atoms with Crippen molar-refractivity contribution in [1.29, 1.82) is 0 Å². The second-order valence-corrected chi connectivity index (χ2v) is 3.22. The Kier molecular flexibility index (Phi) is 3.34. The summed E-state index contributed by atoms with van der Waals surface area (Å²) in [5.74, 6) is -1.27. The zero-order chi connectivity index (χ0) is 11.6. The van der Waals surface area contributed by atoms with Gasteiger partial charge in [-0.25, -0.2) is 4.39 Å². The molecule has 0 bridgehead atoms. The van der Waals surface area contributed by atoms with Gasteiger partial charge >= 0.3 is 6.18 Å². The SMILES string of the molecule is CC[C@@H](N)c1cccc(F)c1C(F)(F)F. The lowest BCUT2D eigenvalue weighted by atomic mass is 9.98. The highest BCUT2D eigenvalue weighted by Gasteiger charge is 2.37. The molecule has 1 aromatic carbocycles. The van der Waals surface area contributed by atoms with E-state index in [1.807, 2.05) is 0 Å². The lowest BCUT2D eigenvalue weighted by Crippen LogP contribution is -2.18. The molecule has 0 heterocycles. The van der Waals surface area contributed by atoms with E-state index in [9.17, 15) is 17.6 Å². The van der Waals surface area contributed by atoms with Crippen LogP contribution in [0.15, 0.2) is 18.2 Å². The lowest BCUT2D eigenvalue weighted by molar-refractivity contribution is -0.140. The van der Waals surface area contributed by atoms with Gasteiger partial charge in [0.2, 0.25) is 0 Å². The number of alkyl halides is 3. The first-order chi connectivity index (χ1) is 6.88. The molecule has 0 saturated heterocycles. The van der Waals surface area contributed by atoms with E-state index in [0.717, 1.165) is 6.07 Å². The predicted octanol–water partition coefficient (Wildman–Crippen LogP) is 3.25. The maximum Gasteiger partial charge on any atom is 0.419 e. The van der Waals surface area contributed by atoms with Crippen LogP contribution < -0.4 is 5.73 Å². The third-order valence-corrected chi connectivity index (χ3v) is 2.17. The van der Waals surface area contributed by atoms with Crippen molar-refractivity contribution >= 4 is 0 Å². The summed E-state index contributed by atoms with van der Waals surface area (Å²) in [5.41, 5.74) is 4.05. The summed E-state index contributed by atoms with van der Waals surface area (Å²) in [4.78, 5) is 0. The molecule has 0 aliphatic heterocycles. The Bertz CT molecular complexity index is 346. The van der Waals surface area contributed by atoms with Crippen LogP contribution in [-0.2, 0) is 6.18 Å². The van der Waals surface area contributed by atoms with Crippen LogP contribution in [0.4, 0.5) is 17.6 Å². The molecular formula is C10H11F4N. The van der Waals surface area contributed by atoms with Crippen molar-refractivity contribution in [2.45, 2.75) is 25.6 Å². The number of hydrogen-bond acceptors (Lipinski definition) is 1. The van der Waals surface area contributed by atoms with E-state index in [0.29, 0.717) is 6.42 Å². The van der Waals surface area contributed by atoms with Crippen LogP contribution in [0.3, 0.4) is 0 Å². The fraction of sp³-hybridized carbons (Fsp3) is 0.400. The van der Waals surface area contributed by atoms with Gasteiger partial charge in [0.25, 0.3) is 0 Å². The Morgan fingerprint density at radius 2 is 1.93 bits per heavy atom. The largest absolute Gasteiger partial charge is 0.419 e. The molecule has 15 heavy (non-hydrogen) atoms. The molecule has 0 unspecified atom stereocenters. The molecule has 84 valence electrons. The average Bonchev–Trinajstić information content (AvgIpc) is 2.14. The molecule has 2 N–H and O–H groups in total. The Labute approximate surface area is 84.9 Å². The molecule has 0 spiro atoms. The van der Waals surface area contributed by atoms with Crippen LogP contribution in [0, 0.1) is 5.82 Å². The Morgan fingerprint density at radius 3 is 2.40 bits per heavy atom. The number of hydrogen-bond donors (Lipinski definition) is 1. The van der Waals surface area contributed by atoms with Gasteiger partial charge in [-0.2, -0.15) is 13.2 Å². The third-order valence-electron chi connectivity index (χ3n) is 2.17. The van der Waals surface area contributed by atoms with Crippen LogP contribution >= 0.6 is 0 Å². The highest BCUT2D eigenvalue weighted by molar-refractivity contribution is 5.33. The summed E-state index contributed by atoms with van der Waals surface area (Å²) >= 11 is 0. The fourth-order valence-corrected chi connectivity index (χ4v) is 1.37. The molecule has 0 fully saturated rings. The van der Waals surface area contributed by atoms with Gasteiger partial charge in [-0.15, -0.1) is 0 Å². The Morgan fingerprint density at radius 1 is 1.33 bits per heavy atom. The Hall–Kier alpha value is -1.10. The van der Waals surface area contributed by atoms with Gasteiger partial charge in [-0.3, -0.25) is 0 Å². The molecule has 0 aromatic heterocycles. The normalized spacial score (nSPS) is 14.0. The molecule has 1 nitrogen and oxygen atoms in total. The van der Waals surface area contributed by atoms with E-state index in [-0.39, 0.29) is 5.56 Å². The summed E-state index contributed by atoms with van der Waals surface area (Å²) in [5, 5.41) is 0. The maximum atomic E-state index is 13.1.